The van der Waals surface area contributed by atoms with Crippen molar-refractivity contribution in [3.8, 4) is 0 Å². The first kappa shape index (κ1) is 7.13. The zero-order valence-electron chi connectivity index (χ0n) is 7.20. The van der Waals surface area contributed by atoms with Gasteiger partial charge in [-0.05, 0) is 42.5 Å². The second kappa shape index (κ2) is 2.34. The highest BCUT2D eigenvalue weighted by molar-refractivity contribution is 5.80. The minimum atomic E-state index is -0.145. The number of halogens is 1. The number of hydrogen-bond acceptors (Lipinski definition) is 0. The molecule has 0 saturated heterocycles. The molecule has 2 heteroatoms. The number of aromatic nitrogens is 1. The Hall–Kier alpha value is -1.31. The Morgan fingerprint density at radius 3 is 2.85 bits per heavy atom. The average Bonchev–Trinajstić information content (AvgIpc) is 2.87. The largest absolute Gasteiger partial charge is 0.344 e. The molecular formula is C11H10FN. The van der Waals surface area contributed by atoms with Crippen molar-refractivity contribution in [3.63, 3.8) is 0 Å². The van der Waals surface area contributed by atoms with E-state index in [-0.39, 0.29) is 5.82 Å². The summed E-state index contributed by atoms with van der Waals surface area (Å²) in [6.07, 6.45) is 4.53. The molecule has 0 atom stereocenters. The van der Waals surface area contributed by atoms with E-state index in [4.69, 9.17) is 0 Å². The predicted molar refractivity (Wildman–Crippen MR) is 50.2 cm³/mol. The van der Waals surface area contributed by atoms with Crippen LogP contribution in [0, 0.1) is 5.82 Å². The van der Waals surface area contributed by atoms with Crippen molar-refractivity contribution in [2.45, 2.75) is 18.9 Å². The van der Waals surface area contributed by atoms with E-state index in [1.165, 1.54) is 18.9 Å². The molecule has 1 fully saturated rings. The molecular weight excluding hydrogens is 165 g/mol. The summed E-state index contributed by atoms with van der Waals surface area (Å²) in [5, 5.41) is 1.13. The summed E-state index contributed by atoms with van der Waals surface area (Å²) in [5.74, 6) is -0.145. The van der Waals surface area contributed by atoms with Crippen LogP contribution in [0.5, 0.6) is 0 Å². The van der Waals surface area contributed by atoms with Crippen LogP contribution in [0.2, 0.25) is 0 Å². The van der Waals surface area contributed by atoms with Crippen molar-refractivity contribution in [3.05, 3.63) is 36.3 Å². The van der Waals surface area contributed by atoms with Crippen molar-refractivity contribution in [1.29, 1.82) is 0 Å². The van der Waals surface area contributed by atoms with Gasteiger partial charge in [0.05, 0.1) is 5.52 Å². The van der Waals surface area contributed by atoms with Crippen molar-refractivity contribution in [1.82, 2.24) is 4.57 Å². The zero-order chi connectivity index (χ0) is 8.84. The molecule has 0 N–H and O–H groups in total. The van der Waals surface area contributed by atoms with E-state index in [1.54, 1.807) is 6.07 Å². The molecule has 0 aliphatic heterocycles. The number of benzene rings is 1. The lowest BCUT2D eigenvalue weighted by Gasteiger charge is -2.01. The highest BCUT2D eigenvalue weighted by atomic mass is 19.1. The second-order valence-electron chi connectivity index (χ2n) is 3.66. The molecule has 2 aromatic rings. The van der Waals surface area contributed by atoms with Crippen LogP contribution in [0.1, 0.15) is 18.9 Å². The molecule has 13 heavy (non-hydrogen) atoms. The van der Waals surface area contributed by atoms with E-state index in [0.29, 0.717) is 6.04 Å². The van der Waals surface area contributed by atoms with Crippen LogP contribution in [0.15, 0.2) is 30.5 Å². The van der Waals surface area contributed by atoms with Gasteiger partial charge in [0.1, 0.15) is 5.82 Å². The molecule has 1 aliphatic carbocycles. The molecule has 1 saturated carbocycles. The summed E-state index contributed by atoms with van der Waals surface area (Å²) in [4.78, 5) is 0. The summed E-state index contributed by atoms with van der Waals surface area (Å²) in [6.45, 7) is 0. The molecule has 1 heterocycles. The smallest absolute Gasteiger partial charge is 0.125 e. The minimum Gasteiger partial charge on any atom is -0.344 e. The molecule has 3 rings (SSSR count). The quantitative estimate of drug-likeness (QED) is 0.627. The fourth-order valence-electron chi connectivity index (χ4n) is 1.79. The molecule has 0 spiro atoms. The van der Waals surface area contributed by atoms with Crippen molar-refractivity contribution < 1.29 is 4.39 Å². The summed E-state index contributed by atoms with van der Waals surface area (Å²) in [6, 6.07) is 7.64. The highest BCUT2D eigenvalue weighted by Gasteiger charge is 2.24. The second-order valence-corrected chi connectivity index (χ2v) is 3.66. The molecule has 0 unspecified atom stereocenters. The van der Waals surface area contributed by atoms with Gasteiger partial charge in [0, 0.05) is 12.2 Å². The van der Waals surface area contributed by atoms with Crippen LogP contribution in [-0.2, 0) is 0 Å². The van der Waals surface area contributed by atoms with Gasteiger partial charge in [0.2, 0.25) is 0 Å². The molecule has 0 amide bonds. The fraction of sp³-hybridized carbons (Fsp3) is 0.273. The standard InChI is InChI=1S/C11H10FN/c12-9-2-1-8-5-6-13(10-3-4-10)11(8)7-9/h1-2,5-7,10H,3-4H2. The number of rotatable bonds is 1. The first-order valence-corrected chi connectivity index (χ1v) is 4.61. The number of fused-ring (bicyclic) bond motifs is 1. The maximum atomic E-state index is 13.0. The Kier molecular flexibility index (Phi) is 1.29. The zero-order valence-corrected chi connectivity index (χ0v) is 7.20. The van der Waals surface area contributed by atoms with Crippen molar-refractivity contribution in [2.24, 2.45) is 0 Å². The number of nitrogens with zero attached hydrogens (tertiary/aromatic N) is 1. The van der Waals surface area contributed by atoms with E-state index in [2.05, 4.69) is 10.8 Å². The minimum absolute atomic E-state index is 0.145. The van der Waals surface area contributed by atoms with Gasteiger partial charge in [-0.1, -0.05) is 0 Å². The van der Waals surface area contributed by atoms with E-state index in [9.17, 15) is 4.39 Å². The van der Waals surface area contributed by atoms with Crippen LogP contribution in [0.3, 0.4) is 0 Å². The van der Waals surface area contributed by atoms with Gasteiger partial charge in [0.15, 0.2) is 0 Å². The molecule has 66 valence electrons. The van der Waals surface area contributed by atoms with Crippen LogP contribution < -0.4 is 0 Å². The van der Waals surface area contributed by atoms with Gasteiger partial charge in [0.25, 0.3) is 0 Å². The molecule has 1 aliphatic rings. The maximum absolute atomic E-state index is 13.0. The third-order valence-corrected chi connectivity index (χ3v) is 2.63. The van der Waals surface area contributed by atoms with Gasteiger partial charge in [-0.25, -0.2) is 4.39 Å². The van der Waals surface area contributed by atoms with Crippen molar-refractivity contribution >= 4 is 10.9 Å². The Morgan fingerprint density at radius 1 is 1.23 bits per heavy atom. The Morgan fingerprint density at radius 2 is 2.08 bits per heavy atom. The van der Waals surface area contributed by atoms with Gasteiger partial charge in [-0.15, -0.1) is 0 Å². The third kappa shape index (κ3) is 1.05. The SMILES string of the molecule is Fc1ccc2ccn(C3CC3)c2c1. The Bertz CT molecular complexity index is 454. The van der Waals surface area contributed by atoms with Gasteiger partial charge in [-0.2, -0.15) is 0 Å². The molecule has 1 nitrogen and oxygen atoms in total. The van der Waals surface area contributed by atoms with Gasteiger partial charge < -0.3 is 4.57 Å². The van der Waals surface area contributed by atoms with Crippen LogP contribution in [0.25, 0.3) is 10.9 Å². The van der Waals surface area contributed by atoms with Crippen LogP contribution in [0.4, 0.5) is 4.39 Å². The van der Waals surface area contributed by atoms with Gasteiger partial charge in [-0.3, -0.25) is 0 Å². The predicted octanol–water partition coefficient (Wildman–Crippen LogP) is 3.12. The van der Waals surface area contributed by atoms with E-state index in [1.807, 2.05) is 12.1 Å². The maximum Gasteiger partial charge on any atom is 0.125 e. The number of hydrogen-bond donors (Lipinski definition) is 0. The fourth-order valence-corrected chi connectivity index (χ4v) is 1.79. The average molecular weight is 175 g/mol. The molecule has 1 aromatic heterocycles. The normalized spacial score (nSPS) is 16.7. The topological polar surface area (TPSA) is 4.93 Å². The first-order valence-electron chi connectivity index (χ1n) is 4.61. The van der Waals surface area contributed by atoms with Crippen LogP contribution in [-0.4, -0.2) is 4.57 Å². The highest BCUT2D eigenvalue weighted by Crippen LogP contribution is 2.37. The summed E-state index contributed by atoms with van der Waals surface area (Å²) in [5.41, 5.74) is 1.03. The monoisotopic (exact) mass is 175 g/mol. The van der Waals surface area contributed by atoms with E-state index >= 15 is 0 Å². The first-order chi connectivity index (χ1) is 6.34. The van der Waals surface area contributed by atoms with Crippen molar-refractivity contribution in [2.75, 3.05) is 0 Å². The molecule has 1 aromatic carbocycles. The summed E-state index contributed by atoms with van der Waals surface area (Å²) in [7, 11) is 0. The van der Waals surface area contributed by atoms with E-state index < -0.39 is 0 Å². The lowest BCUT2D eigenvalue weighted by Crippen LogP contribution is -1.90. The lowest BCUT2D eigenvalue weighted by molar-refractivity contribution is 0.628. The molecule has 0 bridgehead atoms. The summed E-state index contributed by atoms with van der Waals surface area (Å²) >= 11 is 0. The van der Waals surface area contributed by atoms with Gasteiger partial charge >= 0.3 is 0 Å². The Balaban J connectivity index is 2.29. The third-order valence-electron chi connectivity index (χ3n) is 2.63. The van der Waals surface area contributed by atoms with Crippen LogP contribution >= 0.6 is 0 Å². The molecule has 0 radical (unpaired) electrons. The summed E-state index contributed by atoms with van der Waals surface area (Å²) < 4.78 is 15.1. The lowest BCUT2D eigenvalue weighted by atomic mass is 10.2. The van der Waals surface area contributed by atoms with E-state index in [0.717, 1.165) is 10.9 Å². The Labute approximate surface area is 75.8 Å².